The lowest BCUT2D eigenvalue weighted by molar-refractivity contribution is -0.140. The number of amides is 2. The Balaban J connectivity index is 1.81. The fourth-order valence-electron chi connectivity index (χ4n) is 4.78. The second-order valence-corrected chi connectivity index (χ2v) is 12.1. The summed E-state index contributed by atoms with van der Waals surface area (Å²) < 4.78 is 43.7. The molecule has 0 unspecified atom stereocenters. The average Bonchev–Trinajstić information content (AvgIpc) is 3.02. The van der Waals surface area contributed by atoms with E-state index in [-0.39, 0.29) is 29.5 Å². The highest BCUT2D eigenvalue weighted by Gasteiger charge is 2.35. The van der Waals surface area contributed by atoms with Gasteiger partial charge in [0.15, 0.2) is 0 Å². The van der Waals surface area contributed by atoms with Crippen LogP contribution in [0.1, 0.15) is 30.0 Å². The molecule has 0 saturated carbocycles. The van der Waals surface area contributed by atoms with Crippen molar-refractivity contribution in [1.82, 2.24) is 10.2 Å². The second-order valence-electron chi connectivity index (χ2n) is 10.2. The van der Waals surface area contributed by atoms with Gasteiger partial charge < -0.3 is 10.2 Å². The number of nitrogens with one attached hydrogen (secondary N) is 1. The lowest BCUT2D eigenvalue weighted by Gasteiger charge is -2.34. The molecule has 1 N–H and O–H groups in total. The van der Waals surface area contributed by atoms with Gasteiger partial charge in [-0.15, -0.1) is 0 Å². The number of aryl methyl sites for hydroxylation is 1. The molecule has 43 heavy (non-hydrogen) atoms. The number of rotatable bonds is 13. The van der Waals surface area contributed by atoms with E-state index >= 15 is 4.39 Å². The summed E-state index contributed by atoms with van der Waals surface area (Å²) in [7, 11) is -4.36. The molecule has 0 saturated heterocycles. The zero-order chi connectivity index (χ0) is 30.8. The SMILES string of the molecule is CCCNC(=O)[C@@H](Cc1ccccc1)N(Cc1ccccc1C)C(=O)CN(c1ccccc1F)S(=O)(=O)c1ccccc1. The molecule has 7 nitrogen and oxygen atoms in total. The second kappa shape index (κ2) is 14.6. The summed E-state index contributed by atoms with van der Waals surface area (Å²) in [5, 5.41) is 2.91. The molecule has 0 spiro atoms. The molecule has 0 aliphatic rings. The molecule has 0 fully saturated rings. The third-order valence-corrected chi connectivity index (χ3v) is 8.93. The van der Waals surface area contributed by atoms with Gasteiger partial charge in [-0.2, -0.15) is 0 Å². The Hall–Kier alpha value is -4.50. The van der Waals surface area contributed by atoms with E-state index in [4.69, 9.17) is 0 Å². The van der Waals surface area contributed by atoms with Crippen LogP contribution in [-0.2, 0) is 32.6 Å². The first-order valence-corrected chi connectivity index (χ1v) is 15.6. The Kier molecular flexibility index (Phi) is 10.7. The van der Waals surface area contributed by atoms with Gasteiger partial charge in [-0.3, -0.25) is 13.9 Å². The predicted octanol–water partition coefficient (Wildman–Crippen LogP) is 5.50. The van der Waals surface area contributed by atoms with Gasteiger partial charge in [0.2, 0.25) is 11.8 Å². The zero-order valence-corrected chi connectivity index (χ0v) is 25.1. The molecular weight excluding hydrogens is 565 g/mol. The van der Waals surface area contributed by atoms with Crippen molar-refractivity contribution in [1.29, 1.82) is 0 Å². The standard InChI is InChI=1S/C34H36FN3O4S/c1-3-22-36-34(40)32(23-27-15-6-4-7-16-27)37(24-28-17-11-10-14-26(28)2)33(39)25-38(31-21-13-12-20-30(31)35)43(41,42)29-18-8-5-9-19-29/h4-21,32H,3,22-25H2,1-2H3,(H,36,40)/t32-/m1/s1. The summed E-state index contributed by atoms with van der Waals surface area (Å²) >= 11 is 0. The maximum absolute atomic E-state index is 15.2. The van der Waals surface area contributed by atoms with Gasteiger partial charge in [-0.1, -0.05) is 91.9 Å². The van der Waals surface area contributed by atoms with Crippen LogP contribution in [0.2, 0.25) is 0 Å². The van der Waals surface area contributed by atoms with Crippen LogP contribution < -0.4 is 9.62 Å². The molecular formula is C34H36FN3O4S. The highest BCUT2D eigenvalue weighted by atomic mass is 32.2. The molecule has 1 atom stereocenters. The molecule has 4 rings (SSSR count). The van der Waals surface area contributed by atoms with E-state index < -0.39 is 34.3 Å². The number of anilines is 1. The molecule has 224 valence electrons. The number of nitrogens with zero attached hydrogens (tertiary/aromatic N) is 2. The summed E-state index contributed by atoms with van der Waals surface area (Å²) in [6, 6.07) is 28.9. The Morgan fingerprint density at radius 2 is 1.44 bits per heavy atom. The number of sulfonamides is 1. The molecule has 0 aliphatic carbocycles. The molecule has 0 heterocycles. The lowest BCUT2D eigenvalue weighted by Crippen LogP contribution is -2.53. The maximum atomic E-state index is 15.2. The summed E-state index contributed by atoms with van der Waals surface area (Å²) in [5.74, 6) is -1.78. The minimum Gasteiger partial charge on any atom is -0.354 e. The van der Waals surface area contributed by atoms with E-state index in [1.54, 1.807) is 18.2 Å². The highest BCUT2D eigenvalue weighted by molar-refractivity contribution is 7.92. The first-order valence-electron chi connectivity index (χ1n) is 14.2. The molecule has 4 aromatic rings. The van der Waals surface area contributed by atoms with Crippen LogP contribution >= 0.6 is 0 Å². The van der Waals surface area contributed by atoms with Gasteiger partial charge in [0.1, 0.15) is 18.4 Å². The number of carbonyl (C=O) groups is 2. The van der Waals surface area contributed by atoms with Crippen molar-refractivity contribution in [2.24, 2.45) is 0 Å². The van der Waals surface area contributed by atoms with Crippen LogP contribution in [0.25, 0.3) is 0 Å². The molecule has 0 bridgehead atoms. The van der Waals surface area contributed by atoms with Crippen LogP contribution in [0.3, 0.4) is 0 Å². The molecule has 0 aromatic heterocycles. The number of halogens is 1. The van der Waals surface area contributed by atoms with E-state index in [0.29, 0.717) is 13.0 Å². The van der Waals surface area contributed by atoms with Crippen molar-refractivity contribution in [3.63, 3.8) is 0 Å². The Morgan fingerprint density at radius 1 is 0.837 bits per heavy atom. The highest BCUT2D eigenvalue weighted by Crippen LogP contribution is 2.27. The number of hydrogen-bond donors (Lipinski definition) is 1. The lowest BCUT2D eigenvalue weighted by atomic mass is 10.0. The summed E-state index contributed by atoms with van der Waals surface area (Å²) in [4.78, 5) is 29.3. The normalized spacial score (nSPS) is 11.9. The summed E-state index contributed by atoms with van der Waals surface area (Å²) in [5.41, 5.74) is 2.30. The van der Waals surface area contributed by atoms with Crippen LogP contribution in [0, 0.1) is 12.7 Å². The van der Waals surface area contributed by atoms with Gasteiger partial charge in [-0.05, 0) is 54.3 Å². The number of carbonyl (C=O) groups excluding carboxylic acids is 2. The number of hydrogen-bond acceptors (Lipinski definition) is 4. The predicted molar refractivity (Wildman–Crippen MR) is 166 cm³/mol. The van der Waals surface area contributed by atoms with Crippen LogP contribution in [0.5, 0.6) is 0 Å². The molecule has 0 radical (unpaired) electrons. The van der Waals surface area contributed by atoms with Crippen molar-refractivity contribution >= 4 is 27.5 Å². The van der Waals surface area contributed by atoms with Crippen LogP contribution in [0.4, 0.5) is 10.1 Å². The maximum Gasteiger partial charge on any atom is 0.264 e. The summed E-state index contributed by atoms with van der Waals surface area (Å²) in [6.07, 6.45) is 0.908. The Bertz CT molecular complexity index is 1630. The Morgan fingerprint density at radius 3 is 2.09 bits per heavy atom. The average molecular weight is 602 g/mol. The smallest absolute Gasteiger partial charge is 0.264 e. The fourth-order valence-corrected chi connectivity index (χ4v) is 6.22. The molecule has 4 aromatic carbocycles. The van der Waals surface area contributed by atoms with Crippen molar-refractivity contribution in [2.75, 3.05) is 17.4 Å². The van der Waals surface area contributed by atoms with Gasteiger partial charge in [0.05, 0.1) is 10.6 Å². The van der Waals surface area contributed by atoms with E-state index in [1.807, 2.05) is 68.4 Å². The monoisotopic (exact) mass is 601 g/mol. The van der Waals surface area contributed by atoms with Crippen molar-refractivity contribution in [3.05, 3.63) is 132 Å². The van der Waals surface area contributed by atoms with Gasteiger partial charge >= 0.3 is 0 Å². The van der Waals surface area contributed by atoms with Gasteiger partial charge in [-0.25, -0.2) is 12.8 Å². The van der Waals surface area contributed by atoms with Gasteiger partial charge in [0.25, 0.3) is 10.0 Å². The molecule has 0 aliphatic heterocycles. The quantitative estimate of drug-likeness (QED) is 0.219. The fraction of sp³-hybridized carbons (Fsp3) is 0.235. The number of para-hydroxylation sites is 1. The van der Waals surface area contributed by atoms with Crippen LogP contribution in [0.15, 0.2) is 114 Å². The first-order chi connectivity index (χ1) is 20.7. The van der Waals surface area contributed by atoms with Crippen molar-refractivity contribution in [3.8, 4) is 0 Å². The first kappa shape index (κ1) is 31.4. The van der Waals surface area contributed by atoms with E-state index in [9.17, 15) is 18.0 Å². The molecule has 2 amide bonds. The number of benzene rings is 4. The largest absolute Gasteiger partial charge is 0.354 e. The third kappa shape index (κ3) is 7.87. The zero-order valence-electron chi connectivity index (χ0n) is 24.3. The van der Waals surface area contributed by atoms with Gasteiger partial charge in [0, 0.05) is 19.5 Å². The van der Waals surface area contributed by atoms with Crippen molar-refractivity contribution < 1.29 is 22.4 Å². The van der Waals surface area contributed by atoms with Crippen LogP contribution in [-0.4, -0.2) is 44.3 Å². The minimum atomic E-state index is -4.36. The third-order valence-electron chi connectivity index (χ3n) is 7.15. The van der Waals surface area contributed by atoms with E-state index in [0.717, 1.165) is 27.1 Å². The van der Waals surface area contributed by atoms with E-state index in [2.05, 4.69) is 5.32 Å². The topological polar surface area (TPSA) is 86.8 Å². The molecule has 9 heteroatoms. The Labute approximate surface area is 253 Å². The minimum absolute atomic E-state index is 0.0546. The van der Waals surface area contributed by atoms with E-state index in [1.165, 1.54) is 35.2 Å². The van der Waals surface area contributed by atoms with Crippen molar-refractivity contribution in [2.45, 2.75) is 44.2 Å². The summed E-state index contributed by atoms with van der Waals surface area (Å²) in [6.45, 7) is 3.60.